The molecule has 0 aliphatic heterocycles. The second-order valence-electron chi connectivity index (χ2n) is 23.4. The third kappa shape index (κ3) is 67.5. The van der Waals surface area contributed by atoms with E-state index in [0.717, 1.165) is 173 Å². The minimum Gasteiger partial charge on any atom is -0.462 e. The van der Waals surface area contributed by atoms with Gasteiger partial charge < -0.3 is 33.8 Å². The van der Waals surface area contributed by atoms with Crippen molar-refractivity contribution in [3.05, 3.63) is 146 Å². The number of aliphatic hydroxyl groups excluding tert-OH is 1. The van der Waals surface area contributed by atoms with Gasteiger partial charge in [-0.2, -0.15) is 0 Å². The zero-order valence-electron chi connectivity index (χ0n) is 59.2. The number of aliphatic hydroxyl groups is 1. The monoisotopic (exact) mass is 1380 g/mol. The Balaban J connectivity index is 5.43. The Labute approximate surface area is 579 Å². The van der Waals surface area contributed by atoms with E-state index >= 15 is 0 Å². The molecular weight excluding hydrogens is 1260 g/mol. The lowest BCUT2D eigenvalue weighted by atomic mass is 10.1. The van der Waals surface area contributed by atoms with Crippen LogP contribution < -0.4 is 0 Å². The van der Waals surface area contributed by atoms with E-state index in [1.54, 1.807) is 6.08 Å². The first-order chi connectivity index (χ1) is 46.7. The molecular formula is C77H126O17P2. The van der Waals surface area contributed by atoms with Crippen LogP contribution in [0.25, 0.3) is 0 Å². The molecule has 3 N–H and O–H groups in total. The van der Waals surface area contributed by atoms with Crippen molar-refractivity contribution < 1.29 is 80.2 Å². The predicted octanol–water partition coefficient (Wildman–Crippen LogP) is 20.3. The van der Waals surface area contributed by atoms with Crippen molar-refractivity contribution in [1.29, 1.82) is 0 Å². The lowest BCUT2D eigenvalue weighted by Crippen LogP contribution is -2.30. The molecule has 0 bridgehead atoms. The van der Waals surface area contributed by atoms with Crippen LogP contribution in [0.3, 0.4) is 0 Å². The Hall–Kier alpha value is -5.06. The van der Waals surface area contributed by atoms with Gasteiger partial charge in [-0.3, -0.25) is 37.3 Å². The van der Waals surface area contributed by atoms with Gasteiger partial charge in [0.2, 0.25) is 0 Å². The molecule has 0 aliphatic rings. The molecule has 96 heavy (non-hydrogen) atoms. The average molecular weight is 1390 g/mol. The quantitative estimate of drug-likeness (QED) is 0.0169. The third-order valence-electron chi connectivity index (χ3n) is 14.3. The standard InChI is InChI=1S/C77H126O17P2/c1-5-9-13-17-21-25-29-32-34-35-37-40-43-46-50-54-58-62-75(80)88-68-73(94-77(82)64-60-56-52-48-44-38-31-27-23-19-15-11-7-3)70-92-96(85,86)90-66-71(78)65-89-95(83,84)91-69-72(93-76(81)63-59-55-51-47-41-28-24-20-16-12-8-4)67-87-74(79)61-57-53-49-45-42-39-36-33-30-26-22-18-14-10-6-2/h9-10,13-15,19-22,24-27,31-34,36-37,40,42,45,53,57,71-73,78H,5-8,11-12,16-18,23,28-30,35,38-39,41,43-44,46-52,54-56,58-70H2,1-4H3,(H,83,84)(H,85,86)/b13-9-,14-10-,19-15-,24-20-,25-21-,26-22-,31-27-,34-32-,36-33-,40-37-,45-42-,57-53-. The van der Waals surface area contributed by atoms with Crippen LogP contribution in [0, 0.1) is 0 Å². The van der Waals surface area contributed by atoms with Crippen molar-refractivity contribution in [1.82, 2.24) is 0 Å². The van der Waals surface area contributed by atoms with Crippen LogP contribution in [0.4, 0.5) is 0 Å². The SMILES string of the molecule is CC/C=C\C/C=C\C/C=C\C/C=C\C/C=C\CC(=O)OCC(COP(=O)(O)OCC(O)COP(=O)(O)OCC(COC(=O)CCCCCC/C=C\C/C=C\C/C=C\C/C=C\CC)OC(=O)CCCCCCC/C=C\C/C=C\CCC)OC(=O)CCCCCCC/C=C\CCCC. The van der Waals surface area contributed by atoms with E-state index < -0.39 is 97.5 Å². The Bertz CT molecular complexity index is 2400. The van der Waals surface area contributed by atoms with E-state index in [2.05, 4.69) is 149 Å². The number of rotatable bonds is 66. The Morgan fingerprint density at radius 2 is 0.604 bits per heavy atom. The van der Waals surface area contributed by atoms with E-state index in [1.165, 1.54) is 6.42 Å². The molecule has 0 saturated carbocycles. The third-order valence-corrected chi connectivity index (χ3v) is 16.2. The number of esters is 4. The van der Waals surface area contributed by atoms with Crippen LogP contribution in [0.15, 0.2) is 146 Å². The lowest BCUT2D eigenvalue weighted by molar-refractivity contribution is -0.161. The zero-order chi connectivity index (χ0) is 70.4. The molecule has 0 fully saturated rings. The molecule has 0 spiro atoms. The van der Waals surface area contributed by atoms with Crippen molar-refractivity contribution in [2.75, 3.05) is 39.6 Å². The maximum Gasteiger partial charge on any atom is 0.472 e. The topological polar surface area (TPSA) is 237 Å². The minimum absolute atomic E-state index is 0.0603. The first kappa shape index (κ1) is 90.9. The summed E-state index contributed by atoms with van der Waals surface area (Å²) >= 11 is 0. The number of phosphoric acid groups is 2. The van der Waals surface area contributed by atoms with Gasteiger partial charge in [0.15, 0.2) is 12.2 Å². The van der Waals surface area contributed by atoms with Crippen molar-refractivity contribution in [2.24, 2.45) is 0 Å². The van der Waals surface area contributed by atoms with Gasteiger partial charge in [-0.1, -0.05) is 244 Å². The van der Waals surface area contributed by atoms with E-state index in [9.17, 15) is 43.2 Å². The summed E-state index contributed by atoms with van der Waals surface area (Å²) in [6.07, 6.45) is 76.0. The van der Waals surface area contributed by atoms with Crippen LogP contribution in [-0.2, 0) is 65.4 Å². The summed E-state index contributed by atoms with van der Waals surface area (Å²) in [5.41, 5.74) is 0. The Morgan fingerprint density at radius 1 is 0.312 bits per heavy atom. The summed E-state index contributed by atoms with van der Waals surface area (Å²) in [7, 11) is -9.99. The smallest absolute Gasteiger partial charge is 0.462 e. The number of phosphoric ester groups is 2. The highest BCUT2D eigenvalue weighted by Gasteiger charge is 2.30. The summed E-state index contributed by atoms with van der Waals surface area (Å²) in [6, 6.07) is 0. The number of ether oxygens (including phenoxy) is 4. The fourth-order valence-electron chi connectivity index (χ4n) is 8.83. The molecule has 5 atom stereocenters. The van der Waals surface area contributed by atoms with Crippen LogP contribution in [-0.4, -0.2) is 96.7 Å². The van der Waals surface area contributed by atoms with Crippen molar-refractivity contribution in [2.45, 2.75) is 277 Å². The van der Waals surface area contributed by atoms with Crippen LogP contribution in [0.1, 0.15) is 259 Å². The first-order valence-electron chi connectivity index (χ1n) is 36.1. The molecule has 0 aromatic heterocycles. The average Bonchev–Trinajstić information content (AvgIpc) is 1.10. The van der Waals surface area contributed by atoms with E-state index in [1.807, 2.05) is 18.2 Å². The van der Waals surface area contributed by atoms with Crippen LogP contribution in [0.5, 0.6) is 0 Å². The van der Waals surface area contributed by atoms with Gasteiger partial charge in [0.1, 0.15) is 19.3 Å². The number of hydrogen-bond donors (Lipinski definition) is 3. The van der Waals surface area contributed by atoms with Gasteiger partial charge in [-0.05, 0) is 135 Å². The molecule has 0 aromatic carbocycles. The fourth-order valence-corrected chi connectivity index (χ4v) is 10.4. The Kier molecular flexibility index (Phi) is 64.9. The van der Waals surface area contributed by atoms with Gasteiger partial charge in [0.05, 0.1) is 32.8 Å². The molecule has 546 valence electrons. The molecule has 5 unspecified atom stereocenters. The summed E-state index contributed by atoms with van der Waals surface area (Å²) in [5.74, 6) is -2.39. The molecule has 19 heteroatoms. The van der Waals surface area contributed by atoms with E-state index in [-0.39, 0.29) is 25.7 Å². The number of hydrogen-bond acceptors (Lipinski definition) is 15. The van der Waals surface area contributed by atoms with Crippen LogP contribution in [0.2, 0.25) is 0 Å². The van der Waals surface area contributed by atoms with Crippen molar-refractivity contribution in [3.63, 3.8) is 0 Å². The van der Waals surface area contributed by atoms with Crippen LogP contribution >= 0.6 is 15.6 Å². The highest BCUT2D eigenvalue weighted by atomic mass is 31.2. The first-order valence-corrected chi connectivity index (χ1v) is 39.1. The zero-order valence-corrected chi connectivity index (χ0v) is 61.0. The molecule has 0 saturated heterocycles. The number of allylic oxidation sites excluding steroid dienone is 23. The highest BCUT2D eigenvalue weighted by molar-refractivity contribution is 7.47. The maximum absolute atomic E-state index is 13.0. The van der Waals surface area contributed by atoms with Gasteiger partial charge in [0, 0.05) is 19.3 Å². The predicted molar refractivity (Wildman–Crippen MR) is 390 cm³/mol. The van der Waals surface area contributed by atoms with Gasteiger partial charge in [0.25, 0.3) is 0 Å². The summed E-state index contributed by atoms with van der Waals surface area (Å²) < 4.78 is 68.1. The van der Waals surface area contributed by atoms with Crippen molar-refractivity contribution >= 4 is 39.5 Å². The van der Waals surface area contributed by atoms with E-state index in [4.69, 9.17) is 37.0 Å². The molecule has 0 amide bonds. The molecule has 0 heterocycles. The lowest BCUT2D eigenvalue weighted by Gasteiger charge is -2.21. The second kappa shape index (κ2) is 68.5. The molecule has 0 aliphatic carbocycles. The molecule has 0 rings (SSSR count). The minimum atomic E-state index is -5.00. The summed E-state index contributed by atoms with van der Waals surface area (Å²) in [5, 5.41) is 10.6. The summed E-state index contributed by atoms with van der Waals surface area (Å²) in [6.45, 7) is 4.33. The largest absolute Gasteiger partial charge is 0.472 e. The van der Waals surface area contributed by atoms with Gasteiger partial charge >= 0.3 is 39.5 Å². The van der Waals surface area contributed by atoms with Gasteiger partial charge in [-0.15, -0.1) is 0 Å². The highest BCUT2D eigenvalue weighted by Crippen LogP contribution is 2.45. The normalized spacial score (nSPS) is 14.9. The second-order valence-corrected chi connectivity index (χ2v) is 26.3. The van der Waals surface area contributed by atoms with Crippen molar-refractivity contribution in [3.8, 4) is 0 Å². The molecule has 17 nitrogen and oxygen atoms in total. The Morgan fingerprint density at radius 3 is 0.979 bits per heavy atom. The fraction of sp³-hybridized carbons (Fsp3) is 0.636. The summed E-state index contributed by atoms with van der Waals surface area (Å²) in [4.78, 5) is 72.6. The van der Waals surface area contributed by atoms with Gasteiger partial charge in [-0.25, -0.2) is 9.13 Å². The number of carbonyl (C=O) groups is 4. The maximum atomic E-state index is 13.0. The number of unbranched alkanes of at least 4 members (excludes halogenated alkanes) is 17. The number of carbonyl (C=O) groups excluding carboxylic acids is 4. The molecule has 0 radical (unpaired) electrons. The van der Waals surface area contributed by atoms with E-state index in [0.29, 0.717) is 25.7 Å². The molecule has 0 aromatic rings.